The van der Waals surface area contributed by atoms with Gasteiger partial charge in [0, 0.05) is 17.7 Å². The Bertz CT molecular complexity index is 864. The molecular weight excluding hydrogens is 358 g/mol. The number of nitrogens with zero attached hydrogens (tertiary/aromatic N) is 3. The van der Waals surface area contributed by atoms with Gasteiger partial charge in [-0.25, -0.2) is 0 Å². The summed E-state index contributed by atoms with van der Waals surface area (Å²) in [7, 11) is 0. The van der Waals surface area contributed by atoms with E-state index in [1.165, 1.54) is 11.8 Å². The number of hydrogen-bond donors (Lipinski definition) is 2. The number of nitrogens with one attached hydrogen (secondary N) is 1. The largest absolute Gasteiger partial charge is 0.454 e. The van der Waals surface area contributed by atoms with Crippen molar-refractivity contribution >= 4 is 29.3 Å². The molecule has 4 rings (SSSR count). The van der Waals surface area contributed by atoms with E-state index in [1.54, 1.807) is 22.8 Å². The fourth-order valence-electron chi connectivity index (χ4n) is 2.66. The van der Waals surface area contributed by atoms with E-state index in [0.29, 0.717) is 28.3 Å². The van der Waals surface area contributed by atoms with Crippen LogP contribution in [0.3, 0.4) is 0 Å². The molecule has 2 amide bonds. The molecule has 26 heavy (non-hydrogen) atoms. The lowest BCUT2D eigenvalue weighted by Crippen LogP contribution is -2.21. The quantitative estimate of drug-likeness (QED) is 0.695. The van der Waals surface area contributed by atoms with Crippen LogP contribution in [0.5, 0.6) is 11.5 Å². The van der Waals surface area contributed by atoms with Crippen molar-refractivity contribution < 1.29 is 19.1 Å². The number of aromatic nitrogens is 3. The van der Waals surface area contributed by atoms with Crippen LogP contribution in [-0.2, 0) is 16.1 Å². The van der Waals surface area contributed by atoms with Gasteiger partial charge in [0.2, 0.25) is 18.6 Å². The summed E-state index contributed by atoms with van der Waals surface area (Å²) in [5, 5.41) is 11.6. The molecule has 1 aromatic heterocycles. The first kappa shape index (κ1) is 16.7. The summed E-state index contributed by atoms with van der Waals surface area (Å²) in [4.78, 5) is 23.5. The molecule has 9 nitrogen and oxygen atoms in total. The van der Waals surface area contributed by atoms with Crippen molar-refractivity contribution in [3.8, 4) is 11.5 Å². The van der Waals surface area contributed by atoms with Gasteiger partial charge in [0.25, 0.3) is 0 Å². The standard InChI is InChI=1S/C16H17N5O4S/c17-13(22)6-21-15(9-1-2-9)19-20-16(21)26-7-14(23)18-10-3-4-11-12(5-10)25-8-24-11/h3-5,9H,1-2,6-8H2,(H2,17,22)(H,18,23). The molecule has 0 unspecified atom stereocenters. The molecule has 0 saturated heterocycles. The average Bonchev–Trinajstić information content (AvgIpc) is 3.21. The van der Waals surface area contributed by atoms with Gasteiger partial charge >= 0.3 is 0 Å². The van der Waals surface area contributed by atoms with Gasteiger partial charge in [0.1, 0.15) is 12.4 Å². The summed E-state index contributed by atoms with van der Waals surface area (Å²) < 4.78 is 12.2. The first-order chi connectivity index (χ1) is 12.6. The van der Waals surface area contributed by atoms with Crippen molar-refractivity contribution in [2.75, 3.05) is 17.9 Å². The number of ether oxygens (including phenoxy) is 2. The second kappa shape index (κ2) is 6.87. The topological polar surface area (TPSA) is 121 Å². The number of fused-ring (bicyclic) bond motifs is 1. The van der Waals surface area contributed by atoms with E-state index >= 15 is 0 Å². The molecule has 136 valence electrons. The van der Waals surface area contributed by atoms with Gasteiger partial charge in [0.05, 0.1) is 5.75 Å². The second-order valence-corrected chi connectivity index (χ2v) is 7.01. The minimum absolute atomic E-state index is 0.0188. The minimum atomic E-state index is -0.460. The summed E-state index contributed by atoms with van der Waals surface area (Å²) in [6, 6.07) is 5.21. The summed E-state index contributed by atoms with van der Waals surface area (Å²) in [6.45, 7) is 0.201. The molecule has 0 spiro atoms. The van der Waals surface area contributed by atoms with E-state index in [1.807, 2.05) is 0 Å². The van der Waals surface area contributed by atoms with E-state index in [9.17, 15) is 9.59 Å². The Morgan fingerprint density at radius 2 is 2.08 bits per heavy atom. The molecular formula is C16H17N5O4S. The van der Waals surface area contributed by atoms with Crippen LogP contribution < -0.4 is 20.5 Å². The maximum atomic E-state index is 12.2. The van der Waals surface area contributed by atoms with Gasteiger partial charge in [-0.05, 0) is 25.0 Å². The predicted molar refractivity (Wildman–Crippen MR) is 93.1 cm³/mol. The first-order valence-corrected chi connectivity index (χ1v) is 9.12. The van der Waals surface area contributed by atoms with Gasteiger partial charge in [-0.3, -0.25) is 14.2 Å². The highest BCUT2D eigenvalue weighted by molar-refractivity contribution is 7.99. The third-order valence-electron chi connectivity index (χ3n) is 3.99. The Morgan fingerprint density at radius 3 is 2.85 bits per heavy atom. The Hall–Kier alpha value is -2.75. The fourth-order valence-corrected chi connectivity index (χ4v) is 3.40. The van der Waals surface area contributed by atoms with Gasteiger partial charge in [-0.2, -0.15) is 0 Å². The Kier molecular flexibility index (Phi) is 4.41. The number of carbonyl (C=O) groups is 2. The predicted octanol–water partition coefficient (Wildman–Crippen LogP) is 1.10. The normalized spacial score (nSPS) is 15.1. The molecule has 1 aliphatic heterocycles. The van der Waals surface area contributed by atoms with E-state index < -0.39 is 5.91 Å². The van der Waals surface area contributed by atoms with Crippen LogP contribution in [-0.4, -0.2) is 39.1 Å². The Morgan fingerprint density at radius 1 is 1.27 bits per heavy atom. The molecule has 2 aliphatic rings. The van der Waals surface area contributed by atoms with Crippen molar-refractivity contribution in [1.29, 1.82) is 0 Å². The van der Waals surface area contributed by atoms with E-state index in [2.05, 4.69) is 15.5 Å². The molecule has 10 heteroatoms. The maximum absolute atomic E-state index is 12.2. The maximum Gasteiger partial charge on any atom is 0.237 e. The number of rotatable bonds is 7. The Balaban J connectivity index is 1.39. The summed E-state index contributed by atoms with van der Waals surface area (Å²) in [5.41, 5.74) is 5.94. The van der Waals surface area contributed by atoms with Crippen LogP contribution in [0.15, 0.2) is 23.4 Å². The number of anilines is 1. The zero-order valence-corrected chi connectivity index (χ0v) is 14.6. The van der Waals surface area contributed by atoms with E-state index in [4.69, 9.17) is 15.2 Å². The first-order valence-electron chi connectivity index (χ1n) is 8.14. The van der Waals surface area contributed by atoms with Crippen molar-refractivity contribution in [3.63, 3.8) is 0 Å². The highest BCUT2D eigenvalue weighted by atomic mass is 32.2. The second-order valence-electron chi connectivity index (χ2n) is 6.07. The number of nitrogens with two attached hydrogens (primary N) is 1. The van der Waals surface area contributed by atoms with Crippen LogP contribution in [0.1, 0.15) is 24.6 Å². The summed E-state index contributed by atoms with van der Waals surface area (Å²) in [5.74, 6) is 1.83. The molecule has 0 radical (unpaired) electrons. The third kappa shape index (κ3) is 3.59. The highest BCUT2D eigenvalue weighted by Gasteiger charge is 2.31. The smallest absolute Gasteiger partial charge is 0.237 e. The van der Waals surface area contributed by atoms with E-state index in [-0.39, 0.29) is 25.0 Å². The molecule has 1 fully saturated rings. The molecule has 0 atom stereocenters. The number of primary amides is 1. The SMILES string of the molecule is NC(=O)Cn1c(SCC(=O)Nc2ccc3c(c2)OCO3)nnc1C1CC1. The van der Waals surface area contributed by atoms with Crippen LogP contribution in [0, 0.1) is 0 Å². The number of carbonyl (C=O) groups excluding carboxylic acids is 2. The number of benzene rings is 1. The number of amides is 2. The highest BCUT2D eigenvalue weighted by Crippen LogP contribution is 2.40. The zero-order valence-electron chi connectivity index (χ0n) is 13.8. The van der Waals surface area contributed by atoms with Crippen molar-refractivity contribution in [2.24, 2.45) is 5.73 Å². The van der Waals surface area contributed by atoms with Crippen LogP contribution in [0.4, 0.5) is 5.69 Å². The minimum Gasteiger partial charge on any atom is -0.454 e. The lowest BCUT2D eigenvalue weighted by molar-refractivity contribution is -0.118. The van der Waals surface area contributed by atoms with Crippen molar-refractivity contribution in [3.05, 3.63) is 24.0 Å². The molecule has 3 N–H and O–H groups in total. The van der Waals surface area contributed by atoms with E-state index in [0.717, 1.165) is 18.7 Å². The van der Waals surface area contributed by atoms with Crippen molar-refractivity contribution in [1.82, 2.24) is 14.8 Å². The van der Waals surface area contributed by atoms with Gasteiger partial charge < -0.3 is 20.5 Å². The lowest BCUT2D eigenvalue weighted by Gasteiger charge is -2.08. The number of hydrogen-bond acceptors (Lipinski definition) is 7. The monoisotopic (exact) mass is 375 g/mol. The Labute approximate surface area is 153 Å². The summed E-state index contributed by atoms with van der Waals surface area (Å²) >= 11 is 1.22. The molecule has 1 aliphatic carbocycles. The molecule has 1 aromatic carbocycles. The molecule has 0 bridgehead atoms. The fraction of sp³-hybridized carbons (Fsp3) is 0.375. The lowest BCUT2D eigenvalue weighted by atomic mass is 10.3. The molecule has 1 saturated carbocycles. The zero-order chi connectivity index (χ0) is 18.1. The van der Waals surface area contributed by atoms with Gasteiger partial charge in [-0.15, -0.1) is 10.2 Å². The van der Waals surface area contributed by atoms with Crippen LogP contribution >= 0.6 is 11.8 Å². The average molecular weight is 375 g/mol. The van der Waals surface area contributed by atoms with Gasteiger partial charge in [0.15, 0.2) is 16.7 Å². The number of thioether (sulfide) groups is 1. The van der Waals surface area contributed by atoms with Gasteiger partial charge in [-0.1, -0.05) is 11.8 Å². The summed E-state index contributed by atoms with van der Waals surface area (Å²) in [6.07, 6.45) is 2.07. The van der Waals surface area contributed by atoms with Crippen molar-refractivity contribution in [2.45, 2.75) is 30.5 Å². The third-order valence-corrected chi connectivity index (χ3v) is 4.96. The molecule has 2 heterocycles. The van der Waals surface area contributed by atoms with Crippen LogP contribution in [0.25, 0.3) is 0 Å². The molecule has 2 aromatic rings. The van der Waals surface area contributed by atoms with Crippen LogP contribution in [0.2, 0.25) is 0 Å².